The fraction of sp³-hybridized carbons (Fsp3) is 0.214. The van der Waals surface area contributed by atoms with Crippen molar-refractivity contribution in [3.05, 3.63) is 65.5 Å². The number of rotatable bonds is 4. The maximum atomic E-state index is 13.7. The van der Waals surface area contributed by atoms with E-state index in [1.165, 1.54) is 6.07 Å². The second kappa shape index (κ2) is 5.86. The zero-order chi connectivity index (χ0) is 13.8. The number of aliphatic hydroxyl groups excluding tert-OH is 1. The minimum Gasteiger partial charge on any atom is -0.388 e. The standard InChI is InChI=1S/C14H14F2N2O/c15-10-1-2-11(13(16)7-10)14(19)12(8-17)9-3-5-18-6-4-9/h1-7,12,14,19H,8,17H2. The average molecular weight is 264 g/mol. The van der Waals surface area contributed by atoms with E-state index in [0.717, 1.165) is 17.7 Å². The fourth-order valence-corrected chi connectivity index (χ4v) is 2.02. The summed E-state index contributed by atoms with van der Waals surface area (Å²) in [5.74, 6) is -1.93. The monoisotopic (exact) mass is 264 g/mol. The summed E-state index contributed by atoms with van der Waals surface area (Å²) in [6, 6.07) is 6.52. The molecule has 0 saturated carbocycles. The summed E-state index contributed by atoms with van der Waals surface area (Å²) < 4.78 is 26.5. The predicted octanol–water partition coefficient (Wildman–Crippen LogP) is 2.14. The quantitative estimate of drug-likeness (QED) is 0.889. The fourth-order valence-electron chi connectivity index (χ4n) is 2.02. The van der Waals surface area contributed by atoms with E-state index >= 15 is 0 Å². The van der Waals surface area contributed by atoms with E-state index in [-0.39, 0.29) is 12.1 Å². The first-order valence-corrected chi connectivity index (χ1v) is 5.86. The van der Waals surface area contributed by atoms with Crippen molar-refractivity contribution in [2.75, 3.05) is 6.54 Å². The van der Waals surface area contributed by atoms with Gasteiger partial charge in [-0.15, -0.1) is 0 Å². The molecule has 1 heterocycles. The topological polar surface area (TPSA) is 59.1 Å². The van der Waals surface area contributed by atoms with Crippen LogP contribution in [-0.4, -0.2) is 16.6 Å². The Hall–Kier alpha value is -1.85. The van der Waals surface area contributed by atoms with E-state index in [0.29, 0.717) is 0 Å². The molecule has 1 aromatic heterocycles. The summed E-state index contributed by atoms with van der Waals surface area (Å²) >= 11 is 0. The van der Waals surface area contributed by atoms with Crippen LogP contribution in [0.3, 0.4) is 0 Å². The van der Waals surface area contributed by atoms with Crippen molar-refractivity contribution in [1.29, 1.82) is 0 Å². The molecule has 2 unspecified atom stereocenters. The zero-order valence-electron chi connectivity index (χ0n) is 10.1. The van der Waals surface area contributed by atoms with E-state index in [1.807, 2.05) is 0 Å². The van der Waals surface area contributed by atoms with E-state index in [4.69, 9.17) is 5.73 Å². The zero-order valence-corrected chi connectivity index (χ0v) is 10.1. The van der Waals surface area contributed by atoms with Gasteiger partial charge in [0.2, 0.25) is 0 Å². The molecule has 2 rings (SSSR count). The molecule has 0 spiro atoms. The lowest BCUT2D eigenvalue weighted by molar-refractivity contribution is 0.143. The first-order valence-electron chi connectivity index (χ1n) is 5.86. The first kappa shape index (κ1) is 13.6. The predicted molar refractivity (Wildman–Crippen MR) is 67.4 cm³/mol. The van der Waals surface area contributed by atoms with E-state index < -0.39 is 23.7 Å². The minimum atomic E-state index is -1.13. The van der Waals surface area contributed by atoms with Gasteiger partial charge in [0, 0.05) is 36.5 Å². The Balaban J connectivity index is 2.33. The maximum absolute atomic E-state index is 13.7. The molecule has 0 amide bonds. The number of nitrogens with two attached hydrogens (primary N) is 1. The van der Waals surface area contributed by atoms with Crippen LogP contribution in [0.5, 0.6) is 0 Å². The molecule has 2 atom stereocenters. The molecule has 0 radical (unpaired) electrons. The van der Waals surface area contributed by atoms with Gasteiger partial charge in [0.25, 0.3) is 0 Å². The van der Waals surface area contributed by atoms with E-state index in [9.17, 15) is 13.9 Å². The number of pyridine rings is 1. The van der Waals surface area contributed by atoms with Crippen LogP contribution in [0.15, 0.2) is 42.7 Å². The third-order valence-electron chi connectivity index (χ3n) is 3.05. The van der Waals surface area contributed by atoms with Crippen LogP contribution in [0.1, 0.15) is 23.1 Å². The van der Waals surface area contributed by atoms with Gasteiger partial charge in [-0.05, 0) is 23.8 Å². The van der Waals surface area contributed by atoms with Crippen molar-refractivity contribution in [2.45, 2.75) is 12.0 Å². The smallest absolute Gasteiger partial charge is 0.131 e. The summed E-state index contributed by atoms with van der Waals surface area (Å²) in [4.78, 5) is 3.88. The lowest BCUT2D eigenvalue weighted by Gasteiger charge is -2.22. The van der Waals surface area contributed by atoms with Gasteiger partial charge >= 0.3 is 0 Å². The number of hydrogen-bond donors (Lipinski definition) is 2. The van der Waals surface area contributed by atoms with Crippen molar-refractivity contribution in [3.8, 4) is 0 Å². The second-order valence-corrected chi connectivity index (χ2v) is 4.23. The number of halogens is 2. The summed E-state index contributed by atoms with van der Waals surface area (Å²) in [6.45, 7) is 0.141. The summed E-state index contributed by atoms with van der Waals surface area (Å²) in [7, 11) is 0. The summed E-state index contributed by atoms with van der Waals surface area (Å²) in [5, 5.41) is 10.2. The highest BCUT2D eigenvalue weighted by Crippen LogP contribution is 2.31. The van der Waals surface area contributed by atoms with Crippen molar-refractivity contribution in [2.24, 2.45) is 5.73 Å². The number of aromatic nitrogens is 1. The highest BCUT2D eigenvalue weighted by atomic mass is 19.1. The molecule has 100 valence electrons. The molecule has 1 aromatic carbocycles. The van der Waals surface area contributed by atoms with E-state index in [2.05, 4.69) is 4.98 Å². The van der Waals surface area contributed by atoms with Gasteiger partial charge in [-0.2, -0.15) is 0 Å². The molecule has 5 heteroatoms. The number of benzene rings is 1. The number of aliphatic hydroxyl groups is 1. The molecule has 3 N–H and O–H groups in total. The molecular formula is C14H14F2N2O. The van der Waals surface area contributed by atoms with Gasteiger partial charge in [-0.3, -0.25) is 4.98 Å². The van der Waals surface area contributed by atoms with Crippen molar-refractivity contribution in [1.82, 2.24) is 4.98 Å². The molecule has 0 aliphatic heterocycles. The molecule has 0 aliphatic carbocycles. The van der Waals surface area contributed by atoms with Crippen molar-refractivity contribution >= 4 is 0 Å². The highest BCUT2D eigenvalue weighted by molar-refractivity contribution is 5.27. The Morgan fingerprint density at radius 1 is 1.16 bits per heavy atom. The molecule has 19 heavy (non-hydrogen) atoms. The second-order valence-electron chi connectivity index (χ2n) is 4.23. The molecular weight excluding hydrogens is 250 g/mol. The minimum absolute atomic E-state index is 0.0358. The van der Waals surface area contributed by atoms with Gasteiger partial charge in [0.05, 0.1) is 6.10 Å². The molecule has 0 bridgehead atoms. The Morgan fingerprint density at radius 2 is 1.84 bits per heavy atom. The van der Waals surface area contributed by atoms with Crippen LogP contribution in [0.4, 0.5) is 8.78 Å². The van der Waals surface area contributed by atoms with Crippen LogP contribution in [0.25, 0.3) is 0 Å². The van der Waals surface area contributed by atoms with Gasteiger partial charge in [-0.25, -0.2) is 8.78 Å². The Bertz CT molecular complexity index is 548. The van der Waals surface area contributed by atoms with Crippen molar-refractivity contribution < 1.29 is 13.9 Å². The van der Waals surface area contributed by atoms with Crippen LogP contribution in [0, 0.1) is 11.6 Å². The van der Waals surface area contributed by atoms with Crippen LogP contribution in [-0.2, 0) is 0 Å². The van der Waals surface area contributed by atoms with Gasteiger partial charge in [0.1, 0.15) is 11.6 Å². The lowest BCUT2D eigenvalue weighted by Crippen LogP contribution is -2.21. The third kappa shape index (κ3) is 2.94. The Labute approximate surface area is 109 Å². The average Bonchev–Trinajstić information content (AvgIpc) is 2.40. The largest absolute Gasteiger partial charge is 0.388 e. The van der Waals surface area contributed by atoms with Crippen LogP contribution >= 0.6 is 0 Å². The van der Waals surface area contributed by atoms with Crippen LogP contribution in [0.2, 0.25) is 0 Å². The lowest BCUT2D eigenvalue weighted by atomic mass is 9.89. The first-order chi connectivity index (χ1) is 9.13. The van der Waals surface area contributed by atoms with E-state index in [1.54, 1.807) is 24.5 Å². The molecule has 3 nitrogen and oxygen atoms in total. The highest BCUT2D eigenvalue weighted by Gasteiger charge is 2.24. The van der Waals surface area contributed by atoms with Gasteiger partial charge < -0.3 is 10.8 Å². The summed E-state index contributed by atoms with van der Waals surface area (Å²) in [5.41, 5.74) is 6.44. The Morgan fingerprint density at radius 3 is 2.42 bits per heavy atom. The normalized spacial score (nSPS) is 14.1. The van der Waals surface area contributed by atoms with Crippen molar-refractivity contribution in [3.63, 3.8) is 0 Å². The molecule has 2 aromatic rings. The number of hydrogen-bond acceptors (Lipinski definition) is 3. The van der Waals surface area contributed by atoms with Gasteiger partial charge in [-0.1, -0.05) is 6.07 Å². The van der Waals surface area contributed by atoms with Gasteiger partial charge in [0.15, 0.2) is 0 Å². The molecule has 0 fully saturated rings. The Kier molecular flexibility index (Phi) is 4.19. The number of nitrogens with zero attached hydrogens (tertiary/aromatic N) is 1. The SMILES string of the molecule is NCC(c1ccncc1)C(O)c1ccc(F)cc1F. The molecule has 0 aliphatic rings. The summed E-state index contributed by atoms with van der Waals surface area (Å²) in [6.07, 6.45) is 2.02. The maximum Gasteiger partial charge on any atom is 0.131 e. The third-order valence-corrected chi connectivity index (χ3v) is 3.05. The van der Waals surface area contributed by atoms with Crippen LogP contribution < -0.4 is 5.73 Å². The molecule has 0 saturated heterocycles.